The van der Waals surface area contributed by atoms with Crippen LogP contribution in [0.5, 0.6) is 0 Å². The van der Waals surface area contributed by atoms with Crippen molar-refractivity contribution >= 4 is 0 Å². The Labute approximate surface area is 127 Å². The number of nitrogens with zero attached hydrogens (tertiary/aromatic N) is 1. The summed E-state index contributed by atoms with van der Waals surface area (Å²) in [5, 5.41) is 10.2. The third-order valence-electron chi connectivity index (χ3n) is 3.86. The fraction of sp³-hybridized carbons (Fsp3) is 0.500. The van der Waals surface area contributed by atoms with Gasteiger partial charge in [-0.3, -0.25) is 0 Å². The molecule has 1 heterocycles. The van der Waals surface area contributed by atoms with Crippen molar-refractivity contribution in [2.24, 2.45) is 5.92 Å². The Morgan fingerprint density at radius 3 is 2.14 bits per heavy atom. The summed E-state index contributed by atoms with van der Waals surface area (Å²) in [5.41, 5.74) is 4.19. The van der Waals surface area contributed by atoms with E-state index in [2.05, 4.69) is 55.0 Å². The molecule has 0 aliphatic carbocycles. The lowest BCUT2D eigenvalue weighted by molar-refractivity contribution is 0.122. The average molecular weight is 286 g/mol. The molecule has 1 aromatic heterocycles. The predicted molar refractivity (Wildman–Crippen MR) is 87.3 cm³/mol. The van der Waals surface area contributed by atoms with Crippen LogP contribution in [0.2, 0.25) is 0 Å². The van der Waals surface area contributed by atoms with Crippen molar-refractivity contribution in [3.8, 4) is 11.4 Å². The van der Waals surface area contributed by atoms with Crippen LogP contribution in [0.4, 0.5) is 0 Å². The second kappa shape index (κ2) is 5.64. The first-order valence-corrected chi connectivity index (χ1v) is 7.55. The van der Waals surface area contributed by atoms with Crippen LogP contribution >= 0.6 is 0 Å². The number of aliphatic hydroxyl groups is 1. The molecule has 1 atom stereocenters. The van der Waals surface area contributed by atoms with Gasteiger partial charge in [-0.15, -0.1) is 0 Å². The van der Waals surface area contributed by atoms with Crippen molar-refractivity contribution in [3.05, 3.63) is 41.2 Å². The number of aromatic nitrogens is 2. The van der Waals surface area contributed by atoms with E-state index in [-0.39, 0.29) is 11.3 Å². The number of aromatic amines is 1. The van der Waals surface area contributed by atoms with E-state index in [0.29, 0.717) is 0 Å². The smallest absolute Gasteiger partial charge is 0.137 e. The minimum absolute atomic E-state index is 0.149. The maximum Gasteiger partial charge on any atom is 0.137 e. The SMILES string of the molecule is Cc1[nH]c(-c2ccc(C(C)(C)C)cc2)nc1C(O)C(C)C. The van der Waals surface area contributed by atoms with E-state index in [1.165, 1.54) is 5.56 Å². The highest BCUT2D eigenvalue weighted by Crippen LogP contribution is 2.28. The molecule has 0 aliphatic heterocycles. The zero-order valence-corrected chi connectivity index (χ0v) is 13.9. The summed E-state index contributed by atoms with van der Waals surface area (Å²) in [6.07, 6.45) is -0.524. The maximum absolute atomic E-state index is 10.2. The molecule has 0 radical (unpaired) electrons. The molecule has 1 unspecified atom stereocenters. The molecule has 2 rings (SSSR count). The predicted octanol–water partition coefficient (Wildman–Crippen LogP) is 4.37. The van der Waals surface area contributed by atoms with Crippen LogP contribution in [0.3, 0.4) is 0 Å². The lowest BCUT2D eigenvalue weighted by Crippen LogP contribution is -2.10. The number of aliphatic hydroxyl groups excluding tert-OH is 1. The van der Waals surface area contributed by atoms with Gasteiger partial charge in [0.05, 0.1) is 5.69 Å². The summed E-state index contributed by atoms with van der Waals surface area (Å²) in [4.78, 5) is 7.87. The third kappa shape index (κ3) is 3.35. The van der Waals surface area contributed by atoms with Gasteiger partial charge in [0, 0.05) is 11.3 Å². The lowest BCUT2D eigenvalue weighted by atomic mass is 9.87. The fourth-order valence-corrected chi connectivity index (χ4v) is 2.34. The summed E-state index contributed by atoms with van der Waals surface area (Å²) < 4.78 is 0. The number of rotatable bonds is 3. The van der Waals surface area contributed by atoms with Crippen LogP contribution in [0, 0.1) is 12.8 Å². The minimum Gasteiger partial charge on any atom is -0.386 e. The van der Waals surface area contributed by atoms with Gasteiger partial charge in [0.15, 0.2) is 0 Å². The van der Waals surface area contributed by atoms with E-state index in [1.54, 1.807) is 0 Å². The zero-order valence-electron chi connectivity index (χ0n) is 13.9. The van der Waals surface area contributed by atoms with Crippen LogP contribution in [0.15, 0.2) is 24.3 Å². The van der Waals surface area contributed by atoms with Gasteiger partial charge in [0.2, 0.25) is 0 Å². The van der Waals surface area contributed by atoms with Crippen molar-refractivity contribution < 1.29 is 5.11 Å². The highest BCUT2D eigenvalue weighted by Gasteiger charge is 2.19. The molecule has 114 valence electrons. The van der Waals surface area contributed by atoms with Crippen LogP contribution in [-0.4, -0.2) is 15.1 Å². The first-order valence-electron chi connectivity index (χ1n) is 7.55. The Morgan fingerprint density at radius 2 is 1.67 bits per heavy atom. The van der Waals surface area contributed by atoms with Crippen molar-refractivity contribution in [1.82, 2.24) is 9.97 Å². The number of imidazole rings is 1. The van der Waals surface area contributed by atoms with Gasteiger partial charge in [-0.05, 0) is 23.8 Å². The van der Waals surface area contributed by atoms with Crippen LogP contribution in [0.25, 0.3) is 11.4 Å². The Kier molecular flexibility index (Phi) is 4.24. The number of aryl methyl sites for hydroxylation is 1. The summed E-state index contributed by atoms with van der Waals surface area (Å²) >= 11 is 0. The van der Waals surface area contributed by atoms with Gasteiger partial charge in [-0.25, -0.2) is 4.98 Å². The second-order valence-corrected chi connectivity index (χ2v) is 7.11. The lowest BCUT2D eigenvalue weighted by Gasteiger charge is -2.18. The van der Waals surface area contributed by atoms with Gasteiger partial charge in [-0.1, -0.05) is 58.9 Å². The Hall–Kier alpha value is -1.61. The van der Waals surface area contributed by atoms with Crippen molar-refractivity contribution in [3.63, 3.8) is 0 Å². The molecule has 1 aromatic carbocycles. The van der Waals surface area contributed by atoms with Crippen molar-refractivity contribution in [1.29, 1.82) is 0 Å². The summed E-state index contributed by atoms with van der Waals surface area (Å²) in [5.74, 6) is 0.978. The molecule has 0 bridgehead atoms. The molecular formula is C18H26N2O. The van der Waals surface area contributed by atoms with Crippen molar-refractivity contribution in [2.75, 3.05) is 0 Å². The molecule has 0 fully saturated rings. The van der Waals surface area contributed by atoms with Crippen LogP contribution in [0.1, 0.15) is 57.7 Å². The third-order valence-corrected chi connectivity index (χ3v) is 3.86. The van der Waals surface area contributed by atoms with E-state index < -0.39 is 6.10 Å². The van der Waals surface area contributed by atoms with E-state index in [4.69, 9.17) is 0 Å². The zero-order chi connectivity index (χ0) is 15.8. The van der Waals surface area contributed by atoms with Gasteiger partial charge < -0.3 is 10.1 Å². The largest absolute Gasteiger partial charge is 0.386 e. The minimum atomic E-state index is -0.524. The molecule has 21 heavy (non-hydrogen) atoms. The molecule has 0 spiro atoms. The number of benzene rings is 1. The van der Waals surface area contributed by atoms with Gasteiger partial charge in [-0.2, -0.15) is 0 Å². The molecule has 2 N–H and O–H groups in total. The number of H-pyrrole nitrogens is 1. The second-order valence-electron chi connectivity index (χ2n) is 7.11. The normalized spacial score (nSPS) is 13.7. The average Bonchev–Trinajstić information content (AvgIpc) is 2.79. The Balaban J connectivity index is 2.33. The highest BCUT2D eigenvalue weighted by atomic mass is 16.3. The molecule has 0 saturated carbocycles. The fourth-order valence-electron chi connectivity index (χ4n) is 2.34. The summed E-state index contributed by atoms with van der Waals surface area (Å²) in [6, 6.07) is 8.46. The number of hydrogen-bond acceptors (Lipinski definition) is 2. The van der Waals surface area contributed by atoms with E-state index in [9.17, 15) is 5.11 Å². The maximum atomic E-state index is 10.2. The van der Waals surface area contributed by atoms with E-state index in [1.807, 2.05) is 20.8 Å². The first kappa shape index (κ1) is 15.8. The van der Waals surface area contributed by atoms with Crippen LogP contribution in [-0.2, 0) is 5.41 Å². The molecule has 2 aromatic rings. The monoisotopic (exact) mass is 286 g/mol. The Bertz CT molecular complexity index is 603. The van der Waals surface area contributed by atoms with Crippen LogP contribution < -0.4 is 0 Å². The van der Waals surface area contributed by atoms with Gasteiger partial charge >= 0.3 is 0 Å². The number of nitrogens with one attached hydrogen (secondary N) is 1. The molecule has 0 aliphatic rings. The van der Waals surface area contributed by atoms with Crippen molar-refractivity contribution in [2.45, 2.75) is 53.1 Å². The molecule has 3 heteroatoms. The first-order chi connectivity index (χ1) is 9.70. The highest BCUT2D eigenvalue weighted by molar-refractivity contribution is 5.57. The van der Waals surface area contributed by atoms with E-state index >= 15 is 0 Å². The van der Waals surface area contributed by atoms with Gasteiger partial charge in [0.1, 0.15) is 11.9 Å². The Morgan fingerprint density at radius 1 is 1.10 bits per heavy atom. The molecular weight excluding hydrogens is 260 g/mol. The molecule has 3 nitrogen and oxygen atoms in total. The summed E-state index contributed by atoms with van der Waals surface area (Å²) in [7, 11) is 0. The number of hydrogen-bond donors (Lipinski definition) is 2. The van der Waals surface area contributed by atoms with Gasteiger partial charge in [0.25, 0.3) is 0 Å². The summed E-state index contributed by atoms with van der Waals surface area (Å²) in [6.45, 7) is 12.6. The topological polar surface area (TPSA) is 48.9 Å². The molecule has 0 amide bonds. The standard InChI is InChI=1S/C18H26N2O/c1-11(2)16(21)15-12(3)19-17(20-15)13-7-9-14(10-8-13)18(4,5)6/h7-11,16,21H,1-6H3,(H,19,20). The van der Waals surface area contributed by atoms with E-state index in [0.717, 1.165) is 22.8 Å². The quantitative estimate of drug-likeness (QED) is 0.880. The molecule has 0 saturated heterocycles.